The molecule has 4 rings (SSSR count). The summed E-state index contributed by atoms with van der Waals surface area (Å²) in [6.45, 7) is 6.49. The van der Waals surface area contributed by atoms with Crippen molar-refractivity contribution in [3.63, 3.8) is 0 Å². The third-order valence-electron chi connectivity index (χ3n) is 5.71. The standard InChI is InChI=1S/C22H26FN3O2S2/c1-2-18-21(28)26(22(30-18)16-5-7-17(23)8-6-16)14-11-24-9-12-25(13-10-24)20(27)19-4-3-15-29-19/h3-8,15,18,22H,2,9-14H2,1H3. The highest BCUT2D eigenvalue weighted by Gasteiger charge is 2.40. The van der Waals surface area contributed by atoms with Crippen LogP contribution in [-0.2, 0) is 4.79 Å². The van der Waals surface area contributed by atoms with Crippen molar-refractivity contribution in [2.45, 2.75) is 24.0 Å². The summed E-state index contributed by atoms with van der Waals surface area (Å²) >= 11 is 3.14. The van der Waals surface area contributed by atoms with E-state index in [1.807, 2.05) is 34.2 Å². The first kappa shape index (κ1) is 21.3. The van der Waals surface area contributed by atoms with E-state index in [1.54, 1.807) is 23.9 Å². The van der Waals surface area contributed by atoms with Gasteiger partial charge >= 0.3 is 0 Å². The molecule has 2 aliphatic rings. The second-order valence-corrected chi connectivity index (χ2v) is 9.82. The second kappa shape index (κ2) is 9.49. The number of hydrogen-bond donors (Lipinski definition) is 0. The molecule has 5 nitrogen and oxygen atoms in total. The van der Waals surface area contributed by atoms with E-state index in [0.717, 1.165) is 36.5 Å². The maximum Gasteiger partial charge on any atom is 0.264 e. The Balaban J connectivity index is 1.34. The third kappa shape index (κ3) is 4.55. The van der Waals surface area contributed by atoms with Gasteiger partial charge < -0.3 is 9.80 Å². The monoisotopic (exact) mass is 447 g/mol. The Morgan fingerprint density at radius 2 is 1.83 bits per heavy atom. The Hall–Kier alpha value is -1.90. The van der Waals surface area contributed by atoms with Gasteiger partial charge in [-0.3, -0.25) is 14.5 Å². The van der Waals surface area contributed by atoms with Gasteiger partial charge in [-0.1, -0.05) is 25.1 Å². The number of halogens is 1. The van der Waals surface area contributed by atoms with Crippen molar-refractivity contribution in [2.24, 2.45) is 0 Å². The number of rotatable bonds is 6. The molecule has 2 aromatic rings. The van der Waals surface area contributed by atoms with Crippen molar-refractivity contribution in [1.82, 2.24) is 14.7 Å². The molecule has 2 atom stereocenters. The predicted octanol–water partition coefficient (Wildman–Crippen LogP) is 3.70. The number of piperazine rings is 1. The molecule has 2 saturated heterocycles. The van der Waals surface area contributed by atoms with Crippen molar-refractivity contribution in [3.05, 3.63) is 58.0 Å². The Morgan fingerprint density at radius 1 is 1.10 bits per heavy atom. The van der Waals surface area contributed by atoms with Crippen LogP contribution in [0.3, 0.4) is 0 Å². The lowest BCUT2D eigenvalue weighted by molar-refractivity contribution is -0.130. The minimum Gasteiger partial charge on any atom is -0.335 e. The van der Waals surface area contributed by atoms with E-state index in [2.05, 4.69) is 4.90 Å². The molecule has 3 heterocycles. The summed E-state index contributed by atoms with van der Waals surface area (Å²) in [6, 6.07) is 10.2. The molecule has 2 unspecified atom stereocenters. The Bertz CT molecular complexity index is 867. The molecule has 30 heavy (non-hydrogen) atoms. The maximum absolute atomic E-state index is 13.3. The number of benzene rings is 1. The van der Waals surface area contributed by atoms with Gasteiger partial charge in [-0.2, -0.15) is 0 Å². The summed E-state index contributed by atoms with van der Waals surface area (Å²) in [6.07, 6.45) is 0.793. The lowest BCUT2D eigenvalue weighted by Crippen LogP contribution is -2.50. The quantitative estimate of drug-likeness (QED) is 0.677. The average Bonchev–Trinajstić information content (AvgIpc) is 3.41. The average molecular weight is 448 g/mol. The Morgan fingerprint density at radius 3 is 2.47 bits per heavy atom. The van der Waals surface area contributed by atoms with Crippen LogP contribution in [0.15, 0.2) is 41.8 Å². The highest BCUT2D eigenvalue weighted by molar-refractivity contribution is 8.01. The predicted molar refractivity (Wildman–Crippen MR) is 119 cm³/mol. The molecule has 0 N–H and O–H groups in total. The lowest BCUT2D eigenvalue weighted by Gasteiger charge is -2.36. The zero-order chi connectivity index (χ0) is 21.1. The fourth-order valence-electron chi connectivity index (χ4n) is 3.95. The maximum atomic E-state index is 13.3. The molecule has 2 aliphatic heterocycles. The number of carbonyl (C=O) groups excluding carboxylic acids is 2. The van der Waals surface area contributed by atoms with Crippen LogP contribution < -0.4 is 0 Å². The molecule has 0 aliphatic carbocycles. The van der Waals surface area contributed by atoms with Gasteiger partial charge in [0.2, 0.25) is 5.91 Å². The van der Waals surface area contributed by atoms with Crippen molar-refractivity contribution < 1.29 is 14.0 Å². The zero-order valence-electron chi connectivity index (χ0n) is 17.0. The van der Waals surface area contributed by atoms with Crippen molar-refractivity contribution in [2.75, 3.05) is 39.3 Å². The van der Waals surface area contributed by atoms with E-state index in [-0.39, 0.29) is 28.3 Å². The summed E-state index contributed by atoms with van der Waals surface area (Å²) in [4.78, 5) is 32.4. The van der Waals surface area contributed by atoms with E-state index in [0.29, 0.717) is 19.6 Å². The number of thioether (sulfide) groups is 1. The Kier molecular flexibility index (Phi) is 6.75. The largest absolute Gasteiger partial charge is 0.335 e. The van der Waals surface area contributed by atoms with Gasteiger partial charge in [0.15, 0.2) is 0 Å². The van der Waals surface area contributed by atoms with Gasteiger partial charge in [0.25, 0.3) is 5.91 Å². The Labute approximate surface area is 184 Å². The van der Waals surface area contributed by atoms with Crippen LogP contribution in [0.1, 0.15) is 34.0 Å². The highest BCUT2D eigenvalue weighted by Crippen LogP contribution is 2.44. The first-order chi connectivity index (χ1) is 14.6. The number of carbonyl (C=O) groups is 2. The fourth-order valence-corrected chi connectivity index (χ4v) is 6.07. The number of amides is 2. The van der Waals surface area contributed by atoms with Gasteiger partial charge in [0, 0.05) is 39.3 Å². The fraction of sp³-hybridized carbons (Fsp3) is 0.455. The van der Waals surface area contributed by atoms with Crippen molar-refractivity contribution in [3.8, 4) is 0 Å². The lowest BCUT2D eigenvalue weighted by atomic mass is 10.2. The molecule has 0 bridgehead atoms. The zero-order valence-corrected chi connectivity index (χ0v) is 18.6. The van der Waals surface area contributed by atoms with Crippen LogP contribution in [0.25, 0.3) is 0 Å². The molecular formula is C22H26FN3O2S2. The molecular weight excluding hydrogens is 421 g/mol. The van der Waals surface area contributed by atoms with Gasteiger partial charge in [-0.05, 0) is 35.6 Å². The summed E-state index contributed by atoms with van der Waals surface area (Å²) in [5.74, 6) is 0.0166. The number of thiophene rings is 1. The molecule has 1 aromatic heterocycles. The van der Waals surface area contributed by atoms with Crippen LogP contribution >= 0.6 is 23.1 Å². The molecule has 2 fully saturated rings. The summed E-state index contributed by atoms with van der Waals surface area (Å²) in [5.41, 5.74) is 0.970. The van der Waals surface area contributed by atoms with E-state index < -0.39 is 0 Å². The molecule has 1 aromatic carbocycles. The molecule has 2 amide bonds. The smallest absolute Gasteiger partial charge is 0.264 e. The van der Waals surface area contributed by atoms with Crippen molar-refractivity contribution in [1.29, 1.82) is 0 Å². The summed E-state index contributed by atoms with van der Waals surface area (Å²) < 4.78 is 13.3. The molecule has 0 spiro atoms. The minimum atomic E-state index is -0.262. The van der Waals surface area contributed by atoms with E-state index in [1.165, 1.54) is 23.5 Å². The molecule has 0 saturated carbocycles. The number of hydrogen-bond acceptors (Lipinski definition) is 5. The summed E-state index contributed by atoms with van der Waals surface area (Å²) in [5, 5.41) is 1.82. The van der Waals surface area contributed by atoms with E-state index in [9.17, 15) is 14.0 Å². The van der Waals surface area contributed by atoms with E-state index in [4.69, 9.17) is 0 Å². The second-order valence-electron chi connectivity index (χ2n) is 7.58. The SMILES string of the molecule is CCC1SC(c2ccc(F)cc2)N(CCN2CCN(C(=O)c3cccs3)CC2)C1=O. The first-order valence-corrected chi connectivity index (χ1v) is 12.2. The normalized spacial score (nSPS) is 22.7. The van der Waals surface area contributed by atoms with Crippen LogP contribution in [-0.4, -0.2) is 71.0 Å². The molecule has 8 heteroatoms. The first-order valence-electron chi connectivity index (χ1n) is 10.3. The van der Waals surface area contributed by atoms with E-state index >= 15 is 0 Å². The van der Waals surface area contributed by atoms with Crippen molar-refractivity contribution >= 4 is 34.9 Å². The third-order valence-corrected chi connectivity index (χ3v) is 8.22. The van der Waals surface area contributed by atoms with Gasteiger partial charge in [0.1, 0.15) is 11.2 Å². The highest BCUT2D eigenvalue weighted by atomic mass is 32.2. The summed E-state index contributed by atoms with van der Waals surface area (Å²) in [7, 11) is 0. The van der Waals surface area contributed by atoms with Crippen LogP contribution in [0.2, 0.25) is 0 Å². The molecule has 0 radical (unpaired) electrons. The van der Waals surface area contributed by atoms with Crippen LogP contribution in [0.5, 0.6) is 0 Å². The number of nitrogens with zero attached hydrogens (tertiary/aromatic N) is 3. The topological polar surface area (TPSA) is 43.9 Å². The molecule has 160 valence electrons. The van der Waals surface area contributed by atoms with Gasteiger partial charge in [-0.15, -0.1) is 23.1 Å². The van der Waals surface area contributed by atoms with Gasteiger partial charge in [0.05, 0.1) is 10.1 Å². The van der Waals surface area contributed by atoms with Crippen LogP contribution in [0.4, 0.5) is 4.39 Å². The van der Waals surface area contributed by atoms with Crippen LogP contribution in [0, 0.1) is 5.82 Å². The van der Waals surface area contributed by atoms with Gasteiger partial charge in [-0.25, -0.2) is 4.39 Å². The minimum absolute atomic E-state index is 0.0414.